The fourth-order valence-corrected chi connectivity index (χ4v) is 2.48. The molecule has 96 valence electrons. The summed E-state index contributed by atoms with van der Waals surface area (Å²) in [6, 6.07) is 0. The van der Waals surface area contributed by atoms with Crippen LogP contribution in [0.2, 0.25) is 0 Å². The van der Waals surface area contributed by atoms with Gasteiger partial charge in [0.15, 0.2) is 0 Å². The number of carbonyl (C=O) groups excluding carboxylic acids is 1. The van der Waals surface area contributed by atoms with Crippen LogP contribution >= 0.6 is 0 Å². The van der Waals surface area contributed by atoms with Crippen LogP contribution in [0.3, 0.4) is 0 Å². The van der Waals surface area contributed by atoms with E-state index in [4.69, 9.17) is 4.11 Å². The van der Waals surface area contributed by atoms with E-state index < -0.39 is 13.0 Å². The second kappa shape index (κ2) is 6.75. The van der Waals surface area contributed by atoms with Crippen LogP contribution < -0.4 is 0 Å². The topological polar surface area (TPSA) is 37.3 Å². The van der Waals surface area contributed by atoms with Gasteiger partial charge in [-0.1, -0.05) is 38.2 Å². The van der Waals surface area contributed by atoms with Gasteiger partial charge in [-0.25, -0.2) is 0 Å². The van der Waals surface area contributed by atoms with E-state index in [0.29, 0.717) is 12.8 Å². The van der Waals surface area contributed by atoms with Crippen molar-refractivity contribution in [3.8, 4) is 0 Å². The molecule has 4 atom stereocenters. The molecule has 1 aliphatic carbocycles. The van der Waals surface area contributed by atoms with Gasteiger partial charge in [0.2, 0.25) is 0 Å². The molecule has 1 fully saturated rings. The van der Waals surface area contributed by atoms with E-state index in [2.05, 4.69) is 0 Å². The van der Waals surface area contributed by atoms with Crippen LogP contribution in [-0.2, 0) is 4.79 Å². The molecule has 0 aromatic carbocycles. The van der Waals surface area contributed by atoms with Gasteiger partial charge in [0, 0.05) is 16.5 Å². The van der Waals surface area contributed by atoms with Crippen molar-refractivity contribution in [1.82, 2.24) is 0 Å². The van der Waals surface area contributed by atoms with Crippen LogP contribution in [0.15, 0.2) is 24.3 Å². The first-order valence-electron chi connectivity index (χ1n) is 7.77. The van der Waals surface area contributed by atoms with Crippen molar-refractivity contribution in [2.45, 2.75) is 46.1 Å². The summed E-state index contributed by atoms with van der Waals surface area (Å²) in [6.07, 6.45) is 7.62. The summed E-state index contributed by atoms with van der Waals surface area (Å²) in [6.45, 7) is 1.88. The molecule has 17 heavy (non-hydrogen) atoms. The Morgan fingerprint density at radius 3 is 2.94 bits per heavy atom. The van der Waals surface area contributed by atoms with E-state index in [-0.39, 0.29) is 23.5 Å². The van der Waals surface area contributed by atoms with E-state index in [1.165, 1.54) is 6.08 Å². The normalized spacial score (nSPS) is 32.6. The summed E-state index contributed by atoms with van der Waals surface area (Å²) in [5, 5.41) is 10.3. The second-order valence-electron chi connectivity index (χ2n) is 5.00. The van der Waals surface area contributed by atoms with Crippen LogP contribution in [0, 0.1) is 17.8 Å². The molecule has 0 aromatic heterocycles. The van der Waals surface area contributed by atoms with Gasteiger partial charge in [0.05, 0.1) is 6.10 Å². The van der Waals surface area contributed by atoms with E-state index in [9.17, 15) is 9.90 Å². The summed E-state index contributed by atoms with van der Waals surface area (Å²) in [4.78, 5) is 11.8. The maximum atomic E-state index is 11.8. The van der Waals surface area contributed by atoms with Gasteiger partial charge in [-0.05, 0) is 31.5 Å². The second-order valence-corrected chi connectivity index (χ2v) is 5.00. The lowest BCUT2D eigenvalue weighted by atomic mass is 9.83. The van der Waals surface area contributed by atoms with Gasteiger partial charge in [0.25, 0.3) is 0 Å². The zero-order chi connectivity index (χ0) is 15.3. The SMILES string of the molecule is [2H]C([2H])([2H])/C=C/C=CC[C@@H](C)C(O)[C@H]1C(=O)CCC1C. The number of aliphatic hydroxyl groups is 1. The Hall–Kier alpha value is -0.890. The minimum absolute atomic E-state index is 0.0121. The summed E-state index contributed by atoms with van der Waals surface area (Å²) in [5.74, 6) is 0.167. The fourth-order valence-electron chi connectivity index (χ4n) is 2.48. The summed E-state index contributed by atoms with van der Waals surface area (Å²) >= 11 is 0. The number of rotatable bonds is 5. The van der Waals surface area contributed by atoms with Crippen molar-refractivity contribution in [1.29, 1.82) is 0 Å². The molecule has 1 rings (SSSR count). The molecule has 0 spiro atoms. The van der Waals surface area contributed by atoms with Gasteiger partial charge in [-0.15, -0.1) is 0 Å². The molecule has 1 saturated carbocycles. The number of allylic oxidation sites excluding steroid dienone is 4. The Morgan fingerprint density at radius 1 is 1.59 bits per heavy atom. The highest BCUT2D eigenvalue weighted by molar-refractivity contribution is 5.83. The minimum atomic E-state index is -2.05. The largest absolute Gasteiger partial charge is 0.392 e. The summed E-state index contributed by atoms with van der Waals surface area (Å²) in [7, 11) is 0. The van der Waals surface area contributed by atoms with Gasteiger partial charge in [0.1, 0.15) is 5.78 Å². The summed E-state index contributed by atoms with van der Waals surface area (Å²) in [5.41, 5.74) is 0. The van der Waals surface area contributed by atoms with Gasteiger partial charge in [-0.3, -0.25) is 4.79 Å². The number of Topliss-reactive ketones (excluding diaryl/α,β-unsaturated/α-hetero) is 1. The highest BCUT2D eigenvalue weighted by Crippen LogP contribution is 2.34. The number of ketones is 1. The van der Waals surface area contributed by atoms with Gasteiger partial charge in [-0.2, -0.15) is 0 Å². The lowest BCUT2D eigenvalue weighted by Crippen LogP contribution is -2.33. The molecule has 0 bridgehead atoms. The van der Waals surface area contributed by atoms with Crippen LogP contribution in [-0.4, -0.2) is 17.0 Å². The Kier molecular flexibility index (Phi) is 4.00. The van der Waals surface area contributed by atoms with Crippen molar-refractivity contribution in [3.63, 3.8) is 0 Å². The molecular weight excluding hydrogens is 212 g/mol. The monoisotopic (exact) mass is 239 g/mol. The van der Waals surface area contributed by atoms with Gasteiger partial charge >= 0.3 is 0 Å². The predicted molar refractivity (Wildman–Crippen MR) is 70.6 cm³/mol. The Bertz CT molecular complexity index is 385. The highest BCUT2D eigenvalue weighted by Gasteiger charge is 2.38. The Morgan fingerprint density at radius 2 is 2.35 bits per heavy atom. The lowest BCUT2D eigenvalue weighted by molar-refractivity contribution is -0.125. The average Bonchev–Trinajstić information content (AvgIpc) is 2.66. The standard InChI is InChI=1S/C15H24O2/c1-4-5-6-7-8-12(3)15(17)14-11(2)9-10-13(14)16/h4-7,11-12,14-15,17H,8-10H2,1-3H3/b5-4+,7-6?/t11?,12-,14-,15?/m1/s1/i1D3. The first-order valence-corrected chi connectivity index (χ1v) is 6.27. The lowest BCUT2D eigenvalue weighted by Gasteiger charge is -2.25. The average molecular weight is 239 g/mol. The van der Waals surface area contributed by atoms with Crippen molar-refractivity contribution in [3.05, 3.63) is 24.3 Å². The van der Waals surface area contributed by atoms with Crippen molar-refractivity contribution >= 4 is 5.78 Å². The molecule has 0 radical (unpaired) electrons. The maximum absolute atomic E-state index is 11.8. The molecule has 0 aromatic rings. The maximum Gasteiger partial charge on any atom is 0.138 e. The number of hydrogen-bond acceptors (Lipinski definition) is 2. The van der Waals surface area contributed by atoms with Crippen LogP contribution in [0.1, 0.15) is 44.1 Å². The predicted octanol–water partition coefficient (Wildman–Crippen LogP) is 3.12. The van der Waals surface area contributed by atoms with Crippen LogP contribution in [0.5, 0.6) is 0 Å². The Balaban J connectivity index is 2.46. The minimum Gasteiger partial charge on any atom is -0.392 e. The third kappa shape index (κ3) is 3.81. The van der Waals surface area contributed by atoms with E-state index in [1.807, 2.05) is 19.9 Å². The van der Waals surface area contributed by atoms with E-state index in [1.54, 1.807) is 6.08 Å². The smallest absolute Gasteiger partial charge is 0.138 e. The van der Waals surface area contributed by atoms with Crippen molar-refractivity contribution < 1.29 is 14.0 Å². The Labute approximate surface area is 109 Å². The first kappa shape index (κ1) is 10.1. The third-order valence-corrected chi connectivity index (χ3v) is 3.63. The zero-order valence-corrected chi connectivity index (χ0v) is 10.6. The molecule has 1 N–H and O–H groups in total. The van der Waals surface area contributed by atoms with Crippen molar-refractivity contribution in [2.24, 2.45) is 17.8 Å². The van der Waals surface area contributed by atoms with Crippen LogP contribution in [0.4, 0.5) is 0 Å². The quantitative estimate of drug-likeness (QED) is 0.748. The molecule has 0 amide bonds. The number of hydrogen-bond donors (Lipinski definition) is 1. The molecule has 2 nitrogen and oxygen atoms in total. The fraction of sp³-hybridized carbons (Fsp3) is 0.667. The first-order chi connectivity index (χ1) is 9.22. The van der Waals surface area contributed by atoms with E-state index in [0.717, 1.165) is 12.5 Å². The van der Waals surface area contributed by atoms with Crippen molar-refractivity contribution in [2.75, 3.05) is 0 Å². The molecular formula is C15H24O2. The number of carbonyl (C=O) groups is 1. The molecule has 1 aliphatic rings. The van der Waals surface area contributed by atoms with Crippen LogP contribution in [0.25, 0.3) is 0 Å². The molecule has 2 unspecified atom stereocenters. The zero-order valence-electron chi connectivity index (χ0n) is 13.6. The number of aliphatic hydroxyl groups excluding tert-OH is 1. The molecule has 0 saturated heterocycles. The highest BCUT2D eigenvalue weighted by atomic mass is 16.3. The molecule has 0 heterocycles. The van der Waals surface area contributed by atoms with Gasteiger partial charge < -0.3 is 5.11 Å². The van der Waals surface area contributed by atoms with E-state index >= 15 is 0 Å². The third-order valence-electron chi connectivity index (χ3n) is 3.63. The molecule has 2 heteroatoms. The summed E-state index contributed by atoms with van der Waals surface area (Å²) < 4.78 is 21.0. The molecule has 0 aliphatic heterocycles.